The monoisotopic (exact) mass is 406 g/mol. The fourth-order valence-corrected chi connectivity index (χ4v) is 2.66. The van der Waals surface area contributed by atoms with Crippen molar-refractivity contribution in [2.24, 2.45) is 0 Å². The molecular weight excluding hydrogens is 384 g/mol. The molecule has 1 saturated heterocycles. The van der Waals surface area contributed by atoms with Gasteiger partial charge in [0.25, 0.3) is 0 Å². The average Bonchev–Trinajstić information content (AvgIpc) is 2.54. The minimum atomic E-state index is -1.80. The molecule has 1 aliphatic heterocycles. The highest BCUT2D eigenvalue weighted by atomic mass is 16.7. The van der Waals surface area contributed by atoms with E-state index in [0.717, 1.165) is 0 Å². The minimum Gasteiger partial charge on any atom is -0.479 e. The quantitative estimate of drug-likeness (QED) is 0.376. The molecule has 1 unspecified atom stereocenters. The lowest BCUT2D eigenvalue weighted by Gasteiger charge is -2.38. The lowest BCUT2D eigenvalue weighted by atomic mass is 9.99. The number of fused-ring (bicyclic) bond motifs is 1. The first-order chi connectivity index (χ1) is 11.8. The number of hydrogen-bond acceptors (Lipinski definition) is 8. The van der Waals surface area contributed by atoms with Gasteiger partial charge >= 0.3 is 11.6 Å². The molecule has 0 saturated carbocycles. The molecule has 1 aromatic heterocycles. The van der Waals surface area contributed by atoms with Crippen molar-refractivity contribution in [2.45, 2.75) is 37.6 Å². The largest absolute Gasteiger partial charge is 0.479 e. The minimum absolute atomic E-state index is 0. The standard InChI is InChI=1S/C16H16O9.3H2O/c1-6-4-10(17)24-9-5-7(2-3-8(6)9)23-16-13(20)11(18)12(19)14(25-16)15(21)22;;;/h2-5,11-14,16,18-20H,1H3,(H,21,22);3*1H2/t11-,12+,13+,14?,16+;;;/m0.../s1. The van der Waals surface area contributed by atoms with Crippen LogP contribution in [0.5, 0.6) is 5.75 Å². The topological polar surface area (TPSA) is 241 Å². The SMILES string of the molecule is Cc1cc(=O)oc2cc(O[C@@H]3OC(C(=O)O)[C@H](O)[C@H](O)[C@H]3O)ccc12.O.O.O. The van der Waals surface area contributed by atoms with Crippen molar-refractivity contribution < 1.29 is 55.5 Å². The summed E-state index contributed by atoms with van der Waals surface area (Å²) in [6, 6.07) is 5.86. The number of aryl methyl sites for hydroxylation is 1. The number of hydrogen-bond donors (Lipinski definition) is 4. The van der Waals surface area contributed by atoms with Crippen molar-refractivity contribution in [1.29, 1.82) is 0 Å². The Morgan fingerprint density at radius 3 is 2.29 bits per heavy atom. The Balaban J connectivity index is 0.00000243. The molecule has 0 spiro atoms. The highest BCUT2D eigenvalue weighted by Gasteiger charge is 2.48. The summed E-state index contributed by atoms with van der Waals surface area (Å²) in [7, 11) is 0. The van der Waals surface area contributed by atoms with Crippen molar-refractivity contribution in [2.75, 3.05) is 0 Å². The van der Waals surface area contributed by atoms with Crippen molar-refractivity contribution in [1.82, 2.24) is 0 Å². The van der Waals surface area contributed by atoms with Gasteiger partial charge in [-0.15, -0.1) is 0 Å². The van der Waals surface area contributed by atoms with Crippen LogP contribution in [0.4, 0.5) is 0 Å². The predicted octanol–water partition coefficient (Wildman–Crippen LogP) is -3.10. The van der Waals surface area contributed by atoms with Crippen LogP contribution in [0.25, 0.3) is 11.0 Å². The molecule has 12 nitrogen and oxygen atoms in total. The van der Waals surface area contributed by atoms with Crippen LogP contribution < -0.4 is 10.4 Å². The Bertz CT molecular complexity index is 862. The number of rotatable bonds is 3. The van der Waals surface area contributed by atoms with Gasteiger partial charge in [0, 0.05) is 17.5 Å². The van der Waals surface area contributed by atoms with E-state index in [-0.39, 0.29) is 27.8 Å². The Labute approximate surface area is 157 Å². The number of aliphatic hydroxyl groups is 3. The molecule has 10 N–H and O–H groups in total. The Morgan fingerprint density at radius 2 is 1.68 bits per heavy atom. The van der Waals surface area contributed by atoms with E-state index in [4.69, 9.17) is 19.0 Å². The Kier molecular flexibility index (Phi) is 8.68. The summed E-state index contributed by atoms with van der Waals surface area (Å²) >= 11 is 0. The van der Waals surface area contributed by atoms with E-state index in [1.54, 1.807) is 13.0 Å². The number of carbonyl (C=O) groups is 1. The Hall–Kier alpha value is -2.58. The van der Waals surface area contributed by atoms with Crippen molar-refractivity contribution >= 4 is 16.9 Å². The smallest absolute Gasteiger partial charge is 0.336 e. The molecule has 3 rings (SSSR count). The second kappa shape index (κ2) is 9.57. The van der Waals surface area contributed by atoms with Crippen LogP contribution in [0.3, 0.4) is 0 Å². The predicted molar refractivity (Wildman–Crippen MR) is 93.0 cm³/mol. The van der Waals surface area contributed by atoms with E-state index in [0.29, 0.717) is 10.9 Å². The molecule has 0 amide bonds. The average molecular weight is 406 g/mol. The first kappa shape index (κ1) is 25.4. The fraction of sp³-hybridized carbons (Fsp3) is 0.375. The first-order valence-electron chi connectivity index (χ1n) is 7.41. The van der Waals surface area contributed by atoms with Gasteiger partial charge < -0.3 is 50.7 Å². The molecule has 0 radical (unpaired) electrons. The highest BCUT2D eigenvalue weighted by molar-refractivity contribution is 5.81. The Morgan fingerprint density at radius 1 is 1.04 bits per heavy atom. The molecule has 2 aromatic rings. The summed E-state index contributed by atoms with van der Waals surface area (Å²) in [5, 5.41) is 39.1. The van der Waals surface area contributed by atoms with Crippen molar-refractivity contribution in [3.8, 4) is 5.75 Å². The van der Waals surface area contributed by atoms with Gasteiger partial charge in [-0.2, -0.15) is 0 Å². The third kappa shape index (κ3) is 4.63. The summed E-state index contributed by atoms with van der Waals surface area (Å²) in [6.45, 7) is 1.74. The molecule has 0 bridgehead atoms. The number of aliphatic hydroxyl groups excluding tert-OH is 3. The van der Waals surface area contributed by atoms with Crippen LogP contribution in [0, 0.1) is 6.92 Å². The second-order valence-electron chi connectivity index (χ2n) is 5.76. The van der Waals surface area contributed by atoms with Crippen LogP contribution in [0.2, 0.25) is 0 Å². The fourth-order valence-electron chi connectivity index (χ4n) is 2.66. The molecule has 1 aromatic carbocycles. The van der Waals surface area contributed by atoms with Crippen LogP contribution in [0.1, 0.15) is 5.56 Å². The maximum Gasteiger partial charge on any atom is 0.336 e. The molecule has 28 heavy (non-hydrogen) atoms. The van der Waals surface area contributed by atoms with Crippen LogP contribution in [-0.4, -0.2) is 73.5 Å². The van der Waals surface area contributed by atoms with E-state index in [1.165, 1.54) is 18.2 Å². The van der Waals surface area contributed by atoms with Crippen molar-refractivity contribution in [3.63, 3.8) is 0 Å². The molecule has 12 heteroatoms. The van der Waals surface area contributed by atoms with Gasteiger partial charge in [0.05, 0.1) is 0 Å². The number of ether oxygens (including phenoxy) is 2. The normalized spacial score (nSPS) is 26.4. The van der Waals surface area contributed by atoms with Gasteiger partial charge in [-0.3, -0.25) is 0 Å². The lowest BCUT2D eigenvalue weighted by Crippen LogP contribution is -2.61. The maximum absolute atomic E-state index is 11.5. The lowest BCUT2D eigenvalue weighted by molar-refractivity contribution is -0.271. The molecule has 0 aliphatic carbocycles. The summed E-state index contributed by atoms with van der Waals surface area (Å²) in [5.41, 5.74) is 0.403. The summed E-state index contributed by atoms with van der Waals surface area (Å²) in [4.78, 5) is 22.5. The van der Waals surface area contributed by atoms with Gasteiger partial charge in [0.1, 0.15) is 29.6 Å². The molecule has 1 aliphatic rings. The van der Waals surface area contributed by atoms with Gasteiger partial charge in [-0.25, -0.2) is 9.59 Å². The van der Waals surface area contributed by atoms with E-state index in [2.05, 4.69) is 0 Å². The maximum atomic E-state index is 11.5. The van der Waals surface area contributed by atoms with Gasteiger partial charge in [0.2, 0.25) is 6.29 Å². The first-order valence-corrected chi connectivity index (χ1v) is 7.41. The van der Waals surface area contributed by atoms with E-state index in [9.17, 15) is 24.9 Å². The van der Waals surface area contributed by atoms with E-state index >= 15 is 0 Å². The zero-order valence-electron chi connectivity index (χ0n) is 14.5. The van der Waals surface area contributed by atoms with Gasteiger partial charge in [0.15, 0.2) is 6.10 Å². The zero-order valence-corrected chi connectivity index (χ0v) is 14.5. The summed E-state index contributed by atoms with van der Waals surface area (Å²) in [6.07, 6.45) is -8.53. The van der Waals surface area contributed by atoms with E-state index < -0.39 is 42.3 Å². The van der Waals surface area contributed by atoms with Gasteiger partial charge in [-0.05, 0) is 24.6 Å². The second-order valence-corrected chi connectivity index (χ2v) is 5.76. The van der Waals surface area contributed by atoms with Crippen LogP contribution in [-0.2, 0) is 9.53 Å². The van der Waals surface area contributed by atoms with Gasteiger partial charge in [-0.1, -0.05) is 0 Å². The molecule has 2 heterocycles. The van der Waals surface area contributed by atoms with Crippen molar-refractivity contribution in [3.05, 3.63) is 40.2 Å². The third-order valence-electron chi connectivity index (χ3n) is 3.99. The third-order valence-corrected chi connectivity index (χ3v) is 3.99. The molecule has 158 valence electrons. The highest BCUT2D eigenvalue weighted by Crippen LogP contribution is 2.27. The number of carboxylic acids is 1. The van der Waals surface area contributed by atoms with Crippen LogP contribution in [0.15, 0.2) is 33.5 Å². The van der Waals surface area contributed by atoms with Crippen LogP contribution >= 0.6 is 0 Å². The summed E-state index contributed by atoms with van der Waals surface area (Å²) < 4.78 is 15.5. The van der Waals surface area contributed by atoms with E-state index in [1.807, 2.05) is 0 Å². The zero-order chi connectivity index (χ0) is 18.3. The number of aliphatic carboxylic acids is 1. The summed E-state index contributed by atoms with van der Waals surface area (Å²) in [5.74, 6) is -1.38. The molecular formula is C16H22O12. The molecule has 5 atom stereocenters. The molecule has 1 fully saturated rings. The number of benzene rings is 1. The number of carboxylic acid groups (broad SMARTS) is 1.